The maximum Gasteiger partial charge on any atom is 0.266 e. The number of hydrogen-bond donors (Lipinski definition) is 1. The summed E-state index contributed by atoms with van der Waals surface area (Å²) in [6, 6.07) is 23.3. The van der Waals surface area contributed by atoms with Crippen LogP contribution in [0.3, 0.4) is 0 Å². The molecule has 1 aromatic heterocycles. The van der Waals surface area contributed by atoms with E-state index in [4.69, 9.17) is 9.84 Å². The lowest BCUT2D eigenvalue weighted by atomic mass is 9.76. The van der Waals surface area contributed by atoms with Gasteiger partial charge in [-0.05, 0) is 108 Å². The van der Waals surface area contributed by atoms with E-state index in [1.54, 1.807) is 28.9 Å². The van der Waals surface area contributed by atoms with Crippen LogP contribution in [0, 0.1) is 0 Å². The smallest absolute Gasteiger partial charge is 0.266 e. The number of amides is 2. The SMILES string of the molecule is CCC(C)(C)c1ccc(OCCCC(=O)Nc2ccc(N3N=C(N4CCCCC4)[C@@H](c4nnnn4-c4ccccc4)C3=O)cc2)c(C(C)(C)CC)c1. The fourth-order valence-corrected chi connectivity index (χ4v) is 6.67. The van der Waals surface area contributed by atoms with E-state index in [9.17, 15) is 9.59 Å². The lowest BCUT2D eigenvalue weighted by Crippen LogP contribution is -2.40. The summed E-state index contributed by atoms with van der Waals surface area (Å²) in [6.07, 6.45) is 6.17. The summed E-state index contributed by atoms with van der Waals surface area (Å²) >= 11 is 0. The first-order chi connectivity index (χ1) is 25.0. The van der Waals surface area contributed by atoms with E-state index in [2.05, 4.69) is 85.5 Å². The topological polar surface area (TPSA) is 118 Å². The molecule has 2 aliphatic heterocycles. The molecule has 0 unspecified atom stereocenters. The molecule has 6 rings (SSSR count). The van der Waals surface area contributed by atoms with Crippen LogP contribution in [0.5, 0.6) is 5.75 Å². The Balaban J connectivity index is 1.10. The summed E-state index contributed by atoms with van der Waals surface area (Å²) in [5.74, 6) is 0.903. The zero-order valence-corrected chi connectivity index (χ0v) is 31.4. The van der Waals surface area contributed by atoms with E-state index < -0.39 is 5.92 Å². The van der Waals surface area contributed by atoms with Crippen LogP contribution in [-0.2, 0) is 20.4 Å². The van der Waals surface area contributed by atoms with E-state index >= 15 is 0 Å². The monoisotopic (exact) mass is 704 g/mol. The number of para-hydroxylation sites is 1. The lowest BCUT2D eigenvalue weighted by molar-refractivity contribution is -0.118. The van der Waals surface area contributed by atoms with Crippen LogP contribution in [0.4, 0.5) is 11.4 Å². The number of nitrogens with one attached hydrogen (secondary N) is 1. The summed E-state index contributed by atoms with van der Waals surface area (Å²) in [7, 11) is 0. The number of hydrazone groups is 1. The summed E-state index contributed by atoms with van der Waals surface area (Å²) < 4.78 is 7.90. The highest BCUT2D eigenvalue weighted by molar-refractivity contribution is 6.18. The molecule has 0 saturated carbocycles. The van der Waals surface area contributed by atoms with Crippen molar-refractivity contribution in [3.8, 4) is 11.4 Å². The molecule has 2 amide bonds. The summed E-state index contributed by atoms with van der Waals surface area (Å²) in [6.45, 7) is 15.6. The number of rotatable bonds is 13. The van der Waals surface area contributed by atoms with Gasteiger partial charge in [0.25, 0.3) is 5.91 Å². The van der Waals surface area contributed by atoms with Crippen LogP contribution >= 0.6 is 0 Å². The van der Waals surface area contributed by atoms with Crippen LogP contribution in [0.15, 0.2) is 77.9 Å². The molecule has 0 bridgehead atoms. The normalized spacial score (nSPS) is 16.6. The molecular weight excluding hydrogens is 653 g/mol. The van der Waals surface area contributed by atoms with E-state index in [-0.39, 0.29) is 22.6 Å². The second-order valence-corrected chi connectivity index (χ2v) is 15.1. The fourth-order valence-electron chi connectivity index (χ4n) is 6.67. The van der Waals surface area contributed by atoms with Crippen molar-refractivity contribution in [1.82, 2.24) is 25.1 Å². The second-order valence-electron chi connectivity index (χ2n) is 15.1. The minimum absolute atomic E-state index is 0.0292. The Kier molecular flexibility index (Phi) is 11.1. The number of aromatic nitrogens is 4. The van der Waals surface area contributed by atoms with Gasteiger partial charge in [0, 0.05) is 30.8 Å². The van der Waals surface area contributed by atoms with Gasteiger partial charge < -0.3 is 15.0 Å². The summed E-state index contributed by atoms with van der Waals surface area (Å²) in [5.41, 5.74) is 4.61. The predicted octanol–water partition coefficient (Wildman–Crippen LogP) is 7.77. The molecule has 3 aromatic carbocycles. The van der Waals surface area contributed by atoms with Crippen molar-refractivity contribution < 1.29 is 14.3 Å². The van der Waals surface area contributed by atoms with Crippen LogP contribution in [0.1, 0.15) is 109 Å². The van der Waals surface area contributed by atoms with Crippen molar-refractivity contribution in [2.45, 2.75) is 103 Å². The van der Waals surface area contributed by atoms with E-state index in [1.807, 2.05) is 30.3 Å². The molecule has 0 radical (unpaired) electrons. The number of nitrogens with zero attached hydrogens (tertiary/aromatic N) is 7. The molecule has 11 nitrogen and oxygen atoms in total. The number of tetrazole rings is 1. The highest BCUT2D eigenvalue weighted by Crippen LogP contribution is 2.39. The maximum absolute atomic E-state index is 14.1. The van der Waals surface area contributed by atoms with Gasteiger partial charge in [0.2, 0.25) is 5.91 Å². The Morgan fingerprint density at radius 3 is 2.29 bits per heavy atom. The van der Waals surface area contributed by atoms with Gasteiger partial charge in [0.1, 0.15) is 11.6 Å². The Bertz CT molecular complexity index is 1880. The fraction of sp³-hybridized carbons (Fsp3) is 0.463. The van der Waals surface area contributed by atoms with Crippen molar-refractivity contribution in [2.75, 3.05) is 30.0 Å². The molecule has 2 aliphatic rings. The number of likely N-dealkylation sites (tertiary alicyclic amines) is 1. The first-order valence-electron chi connectivity index (χ1n) is 18.7. The van der Waals surface area contributed by atoms with Crippen LogP contribution in [0.2, 0.25) is 0 Å². The largest absolute Gasteiger partial charge is 0.493 e. The number of amidine groups is 1. The third kappa shape index (κ3) is 7.88. The van der Waals surface area contributed by atoms with Gasteiger partial charge in [-0.25, -0.2) is 0 Å². The molecule has 0 spiro atoms. The third-order valence-electron chi connectivity index (χ3n) is 10.8. The number of ether oxygens (including phenoxy) is 1. The zero-order chi connectivity index (χ0) is 36.9. The molecule has 1 atom stereocenters. The van der Waals surface area contributed by atoms with E-state index in [0.717, 1.165) is 56.6 Å². The van der Waals surface area contributed by atoms with Gasteiger partial charge in [-0.1, -0.05) is 71.9 Å². The first kappa shape index (κ1) is 36.7. The molecule has 1 saturated heterocycles. The molecule has 11 heteroatoms. The van der Waals surface area contributed by atoms with Gasteiger partial charge >= 0.3 is 0 Å². The second kappa shape index (κ2) is 15.7. The third-order valence-corrected chi connectivity index (χ3v) is 10.8. The van der Waals surface area contributed by atoms with E-state index in [0.29, 0.717) is 42.5 Å². The molecule has 1 fully saturated rings. The Morgan fingerprint density at radius 2 is 1.60 bits per heavy atom. The van der Waals surface area contributed by atoms with Crippen molar-refractivity contribution in [3.05, 3.63) is 89.7 Å². The quantitative estimate of drug-likeness (QED) is 0.141. The van der Waals surface area contributed by atoms with Gasteiger partial charge in [-0.2, -0.15) is 14.8 Å². The van der Waals surface area contributed by atoms with Gasteiger partial charge in [0.15, 0.2) is 11.7 Å². The minimum atomic E-state index is -0.750. The number of carbonyl (C=O) groups excluding carboxylic acids is 2. The molecule has 0 aliphatic carbocycles. The van der Waals surface area contributed by atoms with Crippen molar-refractivity contribution >= 4 is 29.0 Å². The van der Waals surface area contributed by atoms with Gasteiger partial charge in [0.05, 0.1) is 18.0 Å². The standard InChI is InChI=1S/C41H52N8O3/c1-7-40(3,4)29-19-24-34(33(28-29)41(5,6)8-2)52-27-15-18-35(50)42-30-20-22-32(23-21-30)49-39(51)36(38(44-49)47-25-13-10-14-26-47)37-43-45-46-48(37)31-16-11-9-12-17-31/h9,11-12,16-17,19-24,28,36H,7-8,10,13-15,18,25-27H2,1-6H3,(H,42,50)/t36-/m1/s1. The Hall–Kier alpha value is -5.06. The summed E-state index contributed by atoms with van der Waals surface area (Å²) in [5, 5.41) is 21.8. The minimum Gasteiger partial charge on any atom is -0.493 e. The number of anilines is 2. The molecule has 3 heterocycles. The van der Waals surface area contributed by atoms with Crippen LogP contribution < -0.4 is 15.1 Å². The Labute approximate surface area is 307 Å². The van der Waals surface area contributed by atoms with Crippen molar-refractivity contribution in [2.24, 2.45) is 5.10 Å². The number of carbonyl (C=O) groups is 2. The van der Waals surface area contributed by atoms with E-state index in [1.165, 1.54) is 16.1 Å². The van der Waals surface area contributed by atoms with Crippen LogP contribution in [-0.4, -0.2) is 62.5 Å². The van der Waals surface area contributed by atoms with Crippen molar-refractivity contribution in [3.63, 3.8) is 0 Å². The van der Waals surface area contributed by atoms with Gasteiger partial charge in [-0.3, -0.25) is 9.59 Å². The highest BCUT2D eigenvalue weighted by Gasteiger charge is 2.44. The molecule has 274 valence electrons. The molecule has 52 heavy (non-hydrogen) atoms. The predicted molar refractivity (Wildman–Crippen MR) is 205 cm³/mol. The first-order valence-corrected chi connectivity index (χ1v) is 18.7. The lowest BCUT2D eigenvalue weighted by Gasteiger charge is -2.30. The average molecular weight is 705 g/mol. The summed E-state index contributed by atoms with van der Waals surface area (Å²) in [4.78, 5) is 29.2. The van der Waals surface area contributed by atoms with Gasteiger partial charge in [-0.15, -0.1) is 5.10 Å². The van der Waals surface area contributed by atoms with Crippen molar-refractivity contribution in [1.29, 1.82) is 0 Å². The van der Waals surface area contributed by atoms with Crippen LogP contribution in [0.25, 0.3) is 5.69 Å². The molecule has 4 aromatic rings. The average Bonchev–Trinajstić information content (AvgIpc) is 3.78. The zero-order valence-electron chi connectivity index (χ0n) is 31.4. The molecule has 1 N–H and O–H groups in total. The molecular formula is C41H52N8O3. The maximum atomic E-state index is 14.1. The Morgan fingerprint density at radius 1 is 0.885 bits per heavy atom. The number of hydrogen-bond acceptors (Lipinski definition) is 8. The highest BCUT2D eigenvalue weighted by atomic mass is 16.5. The number of piperidine rings is 1. The number of benzene rings is 3.